The van der Waals surface area contributed by atoms with Gasteiger partial charge in [0.15, 0.2) is 5.82 Å². The van der Waals surface area contributed by atoms with Crippen molar-refractivity contribution < 1.29 is 4.52 Å². The lowest BCUT2D eigenvalue weighted by Gasteiger charge is -2.09. The van der Waals surface area contributed by atoms with Gasteiger partial charge < -0.3 is 10.3 Å². The minimum Gasteiger partial charge on any atom is -0.338 e. The first-order chi connectivity index (χ1) is 8.56. The Morgan fingerprint density at radius 1 is 1.28 bits per heavy atom. The third-order valence-electron chi connectivity index (χ3n) is 2.76. The summed E-state index contributed by atoms with van der Waals surface area (Å²) in [5, 5.41) is 3.96. The van der Waals surface area contributed by atoms with Crippen LogP contribution >= 0.6 is 15.9 Å². The van der Waals surface area contributed by atoms with Crippen LogP contribution in [0.25, 0.3) is 0 Å². The molecule has 4 nitrogen and oxygen atoms in total. The van der Waals surface area contributed by atoms with Gasteiger partial charge in [-0.25, -0.2) is 0 Å². The maximum absolute atomic E-state index is 5.96. The van der Waals surface area contributed by atoms with Gasteiger partial charge >= 0.3 is 0 Å². The van der Waals surface area contributed by atoms with Crippen LogP contribution in [0.15, 0.2) is 33.3 Å². The Bertz CT molecular complexity index is 507. The summed E-state index contributed by atoms with van der Waals surface area (Å²) in [7, 11) is 0. The fraction of sp³-hybridized carbons (Fsp3) is 0.385. The monoisotopic (exact) mass is 309 g/mol. The molecule has 0 aliphatic rings. The van der Waals surface area contributed by atoms with E-state index in [1.807, 2.05) is 38.1 Å². The summed E-state index contributed by atoms with van der Waals surface area (Å²) in [4.78, 5) is 4.33. The predicted octanol–water partition coefficient (Wildman–Crippen LogP) is 3.08. The minimum absolute atomic E-state index is 0.198. The summed E-state index contributed by atoms with van der Waals surface area (Å²) < 4.78 is 6.25. The van der Waals surface area contributed by atoms with Gasteiger partial charge in [-0.2, -0.15) is 4.98 Å². The molecule has 1 atom stereocenters. The Kier molecular flexibility index (Phi) is 4.14. The van der Waals surface area contributed by atoms with E-state index in [-0.39, 0.29) is 12.0 Å². The average Bonchev–Trinajstić information content (AvgIpc) is 2.79. The molecule has 2 N–H and O–H groups in total. The normalized spacial score (nSPS) is 12.9. The van der Waals surface area contributed by atoms with E-state index in [0.717, 1.165) is 10.0 Å². The highest BCUT2D eigenvalue weighted by molar-refractivity contribution is 9.10. The highest BCUT2D eigenvalue weighted by Gasteiger charge is 2.17. The van der Waals surface area contributed by atoms with Crippen molar-refractivity contribution in [2.45, 2.75) is 26.3 Å². The van der Waals surface area contributed by atoms with Crippen molar-refractivity contribution in [1.82, 2.24) is 10.1 Å². The van der Waals surface area contributed by atoms with Crippen molar-refractivity contribution in [3.63, 3.8) is 0 Å². The molecule has 5 heteroatoms. The van der Waals surface area contributed by atoms with Gasteiger partial charge in [0.1, 0.15) is 0 Å². The predicted molar refractivity (Wildman–Crippen MR) is 73.0 cm³/mol. The van der Waals surface area contributed by atoms with E-state index in [1.165, 1.54) is 0 Å². The Labute approximate surface area is 115 Å². The van der Waals surface area contributed by atoms with Crippen molar-refractivity contribution in [2.24, 2.45) is 11.7 Å². The second kappa shape index (κ2) is 5.63. The number of hydrogen-bond acceptors (Lipinski definition) is 4. The average molecular weight is 310 g/mol. The molecule has 0 bridgehead atoms. The first-order valence-electron chi connectivity index (χ1n) is 5.89. The molecule has 96 valence electrons. The second-order valence-electron chi connectivity index (χ2n) is 4.62. The summed E-state index contributed by atoms with van der Waals surface area (Å²) in [6.45, 7) is 4.06. The first-order valence-corrected chi connectivity index (χ1v) is 6.68. The summed E-state index contributed by atoms with van der Waals surface area (Å²) in [6.07, 6.45) is 0.654. The van der Waals surface area contributed by atoms with Crippen molar-refractivity contribution >= 4 is 15.9 Å². The molecular formula is C13H16BrN3O. The number of rotatable bonds is 4. The Balaban J connectivity index is 2.09. The van der Waals surface area contributed by atoms with E-state index < -0.39 is 0 Å². The summed E-state index contributed by atoms with van der Waals surface area (Å²) in [6, 6.07) is 7.85. The molecule has 18 heavy (non-hydrogen) atoms. The number of nitrogens with two attached hydrogens (primary N) is 1. The van der Waals surface area contributed by atoms with Gasteiger partial charge in [-0.1, -0.05) is 47.1 Å². The van der Waals surface area contributed by atoms with Crippen LogP contribution in [0.1, 0.15) is 37.2 Å². The van der Waals surface area contributed by atoms with Gasteiger partial charge in [0.2, 0.25) is 5.89 Å². The van der Waals surface area contributed by atoms with Gasteiger partial charge in [-0.3, -0.25) is 0 Å². The van der Waals surface area contributed by atoms with Crippen LogP contribution in [0.5, 0.6) is 0 Å². The van der Waals surface area contributed by atoms with Crippen LogP contribution in [0, 0.1) is 5.92 Å². The highest BCUT2D eigenvalue weighted by Crippen LogP contribution is 2.18. The Morgan fingerprint density at radius 3 is 2.56 bits per heavy atom. The molecule has 0 radical (unpaired) electrons. The molecule has 0 saturated carbocycles. The Hall–Kier alpha value is -1.20. The lowest BCUT2D eigenvalue weighted by molar-refractivity contribution is 0.322. The fourth-order valence-corrected chi connectivity index (χ4v) is 1.81. The molecule has 0 spiro atoms. The first kappa shape index (κ1) is 13.2. The quantitative estimate of drug-likeness (QED) is 0.942. The molecule has 1 heterocycles. The van der Waals surface area contributed by atoms with E-state index in [2.05, 4.69) is 26.1 Å². The number of nitrogens with zero attached hydrogens (tertiary/aromatic N) is 2. The van der Waals surface area contributed by atoms with Gasteiger partial charge in [0, 0.05) is 10.9 Å². The lowest BCUT2D eigenvalue weighted by Crippen LogP contribution is -2.17. The Morgan fingerprint density at radius 2 is 1.94 bits per heavy atom. The lowest BCUT2D eigenvalue weighted by atomic mass is 10.1. The van der Waals surface area contributed by atoms with E-state index >= 15 is 0 Å². The summed E-state index contributed by atoms with van der Waals surface area (Å²) in [5.41, 5.74) is 7.10. The zero-order valence-corrected chi connectivity index (χ0v) is 12.0. The molecule has 0 aliphatic heterocycles. The fourth-order valence-electron chi connectivity index (χ4n) is 1.54. The minimum atomic E-state index is -0.198. The van der Waals surface area contributed by atoms with Crippen molar-refractivity contribution in [1.29, 1.82) is 0 Å². The third-order valence-corrected chi connectivity index (χ3v) is 3.29. The molecule has 0 amide bonds. The maximum atomic E-state index is 5.96. The smallest absolute Gasteiger partial charge is 0.243 e. The number of hydrogen-bond donors (Lipinski definition) is 1. The molecule has 2 aromatic rings. The molecule has 0 saturated heterocycles. The van der Waals surface area contributed by atoms with Crippen LogP contribution in [0.4, 0.5) is 0 Å². The summed E-state index contributed by atoms with van der Waals surface area (Å²) >= 11 is 3.40. The van der Waals surface area contributed by atoms with Gasteiger partial charge in [-0.15, -0.1) is 0 Å². The van der Waals surface area contributed by atoms with Crippen LogP contribution in [0.2, 0.25) is 0 Å². The molecule has 1 unspecified atom stereocenters. The van der Waals surface area contributed by atoms with E-state index in [1.54, 1.807) is 0 Å². The van der Waals surface area contributed by atoms with Gasteiger partial charge in [0.05, 0.1) is 6.04 Å². The SMILES string of the molecule is CC(C)C(N)c1nc(Cc2ccc(Br)cc2)no1. The van der Waals surface area contributed by atoms with E-state index in [0.29, 0.717) is 18.1 Å². The van der Waals surface area contributed by atoms with Crippen LogP contribution in [-0.2, 0) is 6.42 Å². The highest BCUT2D eigenvalue weighted by atomic mass is 79.9. The summed E-state index contributed by atoms with van der Waals surface area (Å²) in [5.74, 6) is 1.46. The van der Waals surface area contributed by atoms with Gasteiger partial charge in [0.25, 0.3) is 0 Å². The van der Waals surface area contributed by atoms with Crippen LogP contribution in [-0.4, -0.2) is 10.1 Å². The molecule has 1 aromatic heterocycles. The zero-order valence-electron chi connectivity index (χ0n) is 10.4. The standard InChI is InChI=1S/C13H16BrN3O/c1-8(2)12(15)13-16-11(17-18-13)7-9-3-5-10(14)6-4-9/h3-6,8,12H,7,15H2,1-2H3. The van der Waals surface area contributed by atoms with Crippen molar-refractivity contribution in [3.05, 3.63) is 46.0 Å². The number of benzene rings is 1. The van der Waals surface area contributed by atoms with Crippen LogP contribution in [0.3, 0.4) is 0 Å². The topological polar surface area (TPSA) is 64.9 Å². The van der Waals surface area contributed by atoms with Gasteiger partial charge in [-0.05, 0) is 23.6 Å². The largest absolute Gasteiger partial charge is 0.338 e. The second-order valence-corrected chi connectivity index (χ2v) is 5.54. The maximum Gasteiger partial charge on any atom is 0.243 e. The molecule has 1 aromatic carbocycles. The third kappa shape index (κ3) is 3.17. The van der Waals surface area contributed by atoms with E-state index in [4.69, 9.17) is 10.3 Å². The molecule has 2 rings (SSSR count). The molecular weight excluding hydrogens is 294 g/mol. The number of halogens is 1. The van der Waals surface area contributed by atoms with Crippen molar-refractivity contribution in [3.8, 4) is 0 Å². The van der Waals surface area contributed by atoms with Crippen molar-refractivity contribution in [2.75, 3.05) is 0 Å². The number of aromatic nitrogens is 2. The zero-order chi connectivity index (χ0) is 13.1. The van der Waals surface area contributed by atoms with Crippen LogP contribution < -0.4 is 5.73 Å². The van der Waals surface area contributed by atoms with E-state index in [9.17, 15) is 0 Å². The molecule has 0 fully saturated rings. The molecule has 0 aliphatic carbocycles.